The van der Waals surface area contributed by atoms with E-state index in [-0.39, 0.29) is 0 Å². The van der Waals surface area contributed by atoms with Crippen molar-refractivity contribution in [1.82, 2.24) is 10.3 Å². The van der Waals surface area contributed by atoms with Crippen LogP contribution in [0, 0.1) is 0 Å². The predicted molar refractivity (Wildman–Crippen MR) is 89.3 cm³/mol. The molecule has 1 heterocycles. The largest absolute Gasteiger partial charge is 0.489 e. The number of benzene rings is 1. The zero-order valence-corrected chi connectivity index (χ0v) is 13.9. The standard InChI is InChI=1S/C17H21BrN2O/c1-2-3-8-20-12-15-10-16(18)6-7-17(15)21-13-14-5-4-9-19-11-14/h4-7,9-11,20H,2-3,8,12-13H2,1H3. The molecule has 0 radical (unpaired) electrons. The molecule has 0 spiro atoms. The van der Waals surface area contributed by atoms with Gasteiger partial charge in [-0.15, -0.1) is 0 Å². The molecule has 21 heavy (non-hydrogen) atoms. The molecule has 0 aliphatic heterocycles. The van der Waals surface area contributed by atoms with Gasteiger partial charge in [-0.05, 0) is 37.2 Å². The van der Waals surface area contributed by atoms with Crippen LogP contribution in [0.25, 0.3) is 0 Å². The van der Waals surface area contributed by atoms with Crippen LogP contribution in [0.4, 0.5) is 0 Å². The van der Waals surface area contributed by atoms with E-state index in [0.29, 0.717) is 6.61 Å². The van der Waals surface area contributed by atoms with Crippen molar-refractivity contribution in [3.05, 3.63) is 58.3 Å². The van der Waals surface area contributed by atoms with Crippen molar-refractivity contribution in [3.8, 4) is 5.75 Å². The number of hydrogen-bond acceptors (Lipinski definition) is 3. The lowest BCUT2D eigenvalue weighted by Crippen LogP contribution is -2.15. The van der Waals surface area contributed by atoms with Crippen LogP contribution >= 0.6 is 15.9 Å². The molecule has 3 nitrogen and oxygen atoms in total. The molecule has 0 saturated carbocycles. The van der Waals surface area contributed by atoms with Crippen LogP contribution in [0.1, 0.15) is 30.9 Å². The Morgan fingerprint density at radius 2 is 2.19 bits per heavy atom. The van der Waals surface area contributed by atoms with Gasteiger partial charge < -0.3 is 10.1 Å². The van der Waals surface area contributed by atoms with Gasteiger partial charge in [-0.2, -0.15) is 0 Å². The third-order valence-electron chi connectivity index (χ3n) is 3.16. The zero-order chi connectivity index (χ0) is 14.9. The van der Waals surface area contributed by atoms with Gasteiger partial charge >= 0.3 is 0 Å². The molecule has 2 rings (SSSR count). The van der Waals surface area contributed by atoms with E-state index in [9.17, 15) is 0 Å². The first kappa shape index (κ1) is 16.0. The quantitative estimate of drug-likeness (QED) is 0.721. The second kappa shape index (κ2) is 8.80. The molecule has 4 heteroatoms. The van der Waals surface area contributed by atoms with E-state index in [2.05, 4.69) is 39.2 Å². The van der Waals surface area contributed by atoms with Gasteiger partial charge in [0.1, 0.15) is 12.4 Å². The topological polar surface area (TPSA) is 34.1 Å². The fourth-order valence-corrected chi connectivity index (χ4v) is 2.40. The smallest absolute Gasteiger partial charge is 0.124 e. The molecule has 0 aliphatic rings. The second-order valence-electron chi connectivity index (χ2n) is 4.93. The van der Waals surface area contributed by atoms with Crippen LogP contribution in [-0.4, -0.2) is 11.5 Å². The Hall–Kier alpha value is -1.39. The summed E-state index contributed by atoms with van der Waals surface area (Å²) in [4.78, 5) is 4.10. The summed E-state index contributed by atoms with van der Waals surface area (Å²) in [5, 5.41) is 3.46. The highest BCUT2D eigenvalue weighted by Crippen LogP contribution is 2.24. The Bertz CT molecular complexity index is 546. The van der Waals surface area contributed by atoms with Crippen LogP contribution in [0.15, 0.2) is 47.2 Å². The molecular formula is C17H21BrN2O. The molecule has 0 amide bonds. The van der Waals surface area contributed by atoms with Gasteiger partial charge in [0, 0.05) is 34.5 Å². The SMILES string of the molecule is CCCCNCc1cc(Br)ccc1OCc1cccnc1. The maximum atomic E-state index is 5.93. The lowest BCUT2D eigenvalue weighted by molar-refractivity contribution is 0.301. The van der Waals surface area contributed by atoms with Crippen molar-refractivity contribution in [1.29, 1.82) is 0 Å². The fraction of sp³-hybridized carbons (Fsp3) is 0.353. The van der Waals surface area contributed by atoms with Crippen LogP contribution in [0.5, 0.6) is 5.75 Å². The minimum absolute atomic E-state index is 0.539. The summed E-state index contributed by atoms with van der Waals surface area (Å²) in [7, 11) is 0. The number of aromatic nitrogens is 1. The van der Waals surface area contributed by atoms with Gasteiger partial charge in [0.2, 0.25) is 0 Å². The summed E-state index contributed by atoms with van der Waals surface area (Å²) in [6, 6.07) is 10.1. The Morgan fingerprint density at radius 1 is 1.29 bits per heavy atom. The van der Waals surface area contributed by atoms with E-state index in [0.717, 1.165) is 28.9 Å². The average molecular weight is 349 g/mol. The number of hydrogen-bond donors (Lipinski definition) is 1. The van der Waals surface area contributed by atoms with E-state index >= 15 is 0 Å². The zero-order valence-electron chi connectivity index (χ0n) is 12.3. The van der Waals surface area contributed by atoms with E-state index in [1.165, 1.54) is 18.4 Å². The summed E-state index contributed by atoms with van der Waals surface area (Å²) < 4.78 is 7.01. The van der Waals surface area contributed by atoms with Crippen molar-refractivity contribution < 1.29 is 4.74 Å². The molecule has 2 aromatic rings. The van der Waals surface area contributed by atoms with Gasteiger partial charge in [-0.1, -0.05) is 35.3 Å². The van der Waals surface area contributed by atoms with Crippen LogP contribution in [0.3, 0.4) is 0 Å². The van der Waals surface area contributed by atoms with Crippen LogP contribution < -0.4 is 10.1 Å². The normalized spacial score (nSPS) is 10.6. The number of unbranched alkanes of at least 4 members (excludes halogenated alkanes) is 1. The Labute approximate surface area is 134 Å². The van der Waals surface area contributed by atoms with Crippen molar-refractivity contribution in [2.45, 2.75) is 32.9 Å². The molecule has 0 atom stereocenters. The van der Waals surface area contributed by atoms with Crippen molar-refractivity contribution in [2.24, 2.45) is 0 Å². The van der Waals surface area contributed by atoms with Crippen molar-refractivity contribution >= 4 is 15.9 Å². The molecule has 0 bridgehead atoms. The molecule has 1 N–H and O–H groups in total. The number of pyridine rings is 1. The molecular weight excluding hydrogens is 328 g/mol. The highest BCUT2D eigenvalue weighted by atomic mass is 79.9. The van der Waals surface area contributed by atoms with E-state index < -0.39 is 0 Å². The first-order valence-electron chi connectivity index (χ1n) is 7.30. The lowest BCUT2D eigenvalue weighted by atomic mass is 10.2. The van der Waals surface area contributed by atoms with Gasteiger partial charge in [-0.25, -0.2) is 0 Å². The number of rotatable bonds is 8. The number of ether oxygens (including phenoxy) is 1. The van der Waals surface area contributed by atoms with Crippen LogP contribution in [0.2, 0.25) is 0 Å². The Kier molecular flexibility index (Phi) is 6.70. The molecule has 1 aromatic carbocycles. The molecule has 0 aliphatic carbocycles. The van der Waals surface area contributed by atoms with Crippen LogP contribution in [-0.2, 0) is 13.2 Å². The molecule has 1 aromatic heterocycles. The van der Waals surface area contributed by atoms with Gasteiger partial charge in [0.15, 0.2) is 0 Å². The molecule has 112 valence electrons. The Morgan fingerprint density at radius 3 is 2.95 bits per heavy atom. The number of nitrogens with zero attached hydrogens (tertiary/aromatic N) is 1. The highest BCUT2D eigenvalue weighted by Gasteiger charge is 2.05. The number of nitrogens with one attached hydrogen (secondary N) is 1. The molecule has 0 saturated heterocycles. The third-order valence-corrected chi connectivity index (χ3v) is 3.66. The molecule has 0 fully saturated rings. The fourth-order valence-electron chi connectivity index (χ4n) is 2.00. The van der Waals surface area contributed by atoms with E-state index in [1.807, 2.05) is 30.5 Å². The van der Waals surface area contributed by atoms with Crippen molar-refractivity contribution in [2.75, 3.05) is 6.54 Å². The summed E-state index contributed by atoms with van der Waals surface area (Å²) in [6.45, 7) is 4.59. The second-order valence-corrected chi connectivity index (χ2v) is 5.85. The monoisotopic (exact) mass is 348 g/mol. The number of halogens is 1. The minimum Gasteiger partial charge on any atom is -0.489 e. The lowest BCUT2D eigenvalue weighted by Gasteiger charge is -2.13. The third kappa shape index (κ3) is 5.48. The maximum absolute atomic E-state index is 5.93. The minimum atomic E-state index is 0.539. The van der Waals surface area contributed by atoms with Gasteiger partial charge in [0.25, 0.3) is 0 Å². The Balaban J connectivity index is 1.97. The van der Waals surface area contributed by atoms with E-state index in [4.69, 9.17) is 4.74 Å². The maximum Gasteiger partial charge on any atom is 0.124 e. The van der Waals surface area contributed by atoms with E-state index in [1.54, 1.807) is 6.20 Å². The first-order valence-corrected chi connectivity index (χ1v) is 8.09. The first-order chi connectivity index (χ1) is 10.3. The van der Waals surface area contributed by atoms with Gasteiger partial charge in [0.05, 0.1) is 0 Å². The van der Waals surface area contributed by atoms with Crippen molar-refractivity contribution in [3.63, 3.8) is 0 Å². The van der Waals surface area contributed by atoms with Gasteiger partial charge in [-0.3, -0.25) is 4.98 Å². The summed E-state index contributed by atoms with van der Waals surface area (Å²) in [5.74, 6) is 0.922. The summed E-state index contributed by atoms with van der Waals surface area (Å²) in [5.41, 5.74) is 2.25. The predicted octanol–water partition coefficient (Wildman–Crippen LogP) is 4.31. The average Bonchev–Trinajstić information content (AvgIpc) is 2.52. The highest BCUT2D eigenvalue weighted by molar-refractivity contribution is 9.10. The molecule has 0 unspecified atom stereocenters. The summed E-state index contributed by atoms with van der Waals surface area (Å²) in [6.07, 6.45) is 6.00. The summed E-state index contributed by atoms with van der Waals surface area (Å²) >= 11 is 3.52.